The Hall–Kier alpha value is -4.20. The summed E-state index contributed by atoms with van der Waals surface area (Å²) in [4.78, 5) is 66.0. The Balaban J connectivity index is 3.07. The number of nitrogens with one attached hydrogen (secondary N) is 3. The molecule has 0 aliphatic heterocycles. The highest BCUT2D eigenvalue weighted by Crippen LogP contribution is 2.11. The van der Waals surface area contributed by atoms with Gasteiger partial charge in [-0.25, -0.2) is 4.79 Å². The first-order chi connectivity index (χ1) is 18.8. The lowest BCUT2D eigenvalue weighted by molar-refractivity contribution is -0.142. The van der Waals surface area contributed by atoms with Crippen molar-refractivity contribution in [1.82, 2.24) is 16.0 Å². The number of carbonyl (C=O) groups is 5. The number of carboxylic acid groups (broad SMARTS) is 1. The van der Waals surface area contributed by atoms with E-state index in [0.29, 0.717) is 24.9 Å². The number of rotatable bonds is 18. The molecule has 0 aliphatic carbocycles. The van der Waals surface area contributed by atoms with Gasteiger partial charge < -0.3 is 44.0 Å². The summed E-state index contributed by atoms with van der Waals surface area (Å²) in [6, 6.07) is 4.31. The standard InChI is InChI=1S/C26H42N8O6/c1-3-15(2)21(34-22(36)17(27)10-7-13-31-26(29)30)24(38)33-19(14-16-8-5-4-6-9-16)23(37)32-18(25(39)40)11-12-20(28)35/h4-6,8-9,15,17-19,21H,3,7,10-14,27H2,1-2H3,(H2,28,35)(H,32,37)(H,33,38)(H,34,36)(H,39,40)(H4,29,30,31). The normalized spacial score (nSPS) is 14.5. The van der Waals surface area contributed by atoms with E-state index in [4.69, 9.17) is 22.9 Å². The van der Waals surface area contributed by atoms with E-state index < -0.39 is 53.8 Å². The van der Waals surface area contributed by atoms with Gasteiger partial charge in [0.05, 0.1) is 6.04 Å². The molecule has 0 saturated heterocycles. The summed E-state index contributed by atoms with van der Waals surface area (Å²) in [5.74, 6) is -4.39. The maximum Gasteiger partial charge on any atom is 0.326 e. The van der Waals surface area contributed by atoms with Gasteiger partial charge in [-0.15, -0.1) is 0 Å². The zero-order valence-corrected chi connectivity index (χ0v) is 23.0. The predicted molar refractivity (Wildman–Crippen MR) is 149 cm³/mol. The average Bonchev–Trinajstić information content (AvgIpc) is 2.90. The SMILES string of the molecule is CCC(C)C(NC(=O)C(N)CCCN=C(N)N)C(=O)NC(Cc1ccccc1)C(=O)NC(CCC(N)=O)C(=O)O. The molecule has 14 nitrogen and oxygen atoms in total. The molecule has 0 radical (unpaired) electrons. The summed E-state index contributed by atoms with van der Waals surface area (Å²) in [5.41, 5.74) is 22.4. The van der Waals surface area contributed by atoms with Crippen LogP contribution in [0.25, 0.3) is 0 Å². The van der Waals surface area contributed by atoms with Crippen LogP contribution in [0.2, 0.25) is 0 Å². The van der Waals surface area contributed by atoms with Gasteiger partial charge in [-0.3, -0.25) is 24.2 Å². The number of guanidine groups is 1. The van der Waals surface area contributed by atoms with Crippen LogP contribution < -0.4 is 38.9 Å². The lowest BCUT2D eigenvalue weighted by atomic mass is 9.96. The van der Waals surface area contributed by atoms with Gasteiger partial charge in [-0.05, 0) is 30.7 Å². The van der Waals surface area contributed by atoms with Gasteiger partial charge in [-0.1, -0.05) is 50.6 Å². The van der Waals surface area contributed by atoms with Crippen LogP contribution in [0.1, 0.15) is 51.5 Å². The van der Waals surface area contributed by atoms with Gasteiger partial charge in [0.15, 0.2) is 5.96 Å². The van der Waals surface area contributed by atoms with Crippen molar-refractivity contribution in [1.29, 1.82) is 0 Å². The molecule has 1 aromatic carbocycles. The van der Waals surface area contributed by atoms with Crippen LogP contribution in [0.5, 0.6) is 0 Å². The van der Waals surface area contributed by atoms with E-state index in [1.807, 2.05) is 6.92 Å². The van der Waals surface area contributed by atoms with Gasteiger partial charge >= 0.3 is 5.97 Å². The van der Waals surface area contributed by atoms with E-state index >= 15 is 0 Å². The number of carboxylic acids is 1. The molecular formula is C26H42N8O6. The summed E-state index contributed by atoms with van der Waals surface area (Å²) in [5, 5.41) is 17.2. The fraction of sp³-hybridized carbons (Fsp3) is 0.538. The van der Waals surface area contributed by atoms with Crippen molar-refractivity contribution in [3.05, 3.63) is 35.9 Å². The van der Waals surface area contributed by atoms with Crippen LogP contribution in [0.15, 0.2) is 35.3 Å². The van der Waals surface area contributed by atoms with E-state index in [9.17, 15) is 29.1 Å². The second-order valence-corrected chi connectivity index (χ2v) is 9.58. The molecule has 14 heteroatoms. The van der Waals surface area contributed by atoms with Crippen molar-refractivity contribution in [2.24, 2.45) is 33.8 Å². The van der Waals surface area contributed by atoms with Gasteiger partial charge in [0.2, 0.25) is 23.6 Å². The van der Waals surface area contributed by atoms with Crippen LogP contribution in [-0.4, -0.2) is 71.4 Å². The average molecular weight is 563 g/mol. The number of nitrogens with two attached hydrogens (primary N) is 4. The molecule has 0 heterocycles. The zero-order valence-electron chi connectivity index (χ0n) is 23.0. The first-order valence-electron chi connectivity index (χ1n) is 13.1. The summed E-state index contributed by atoms with van der Waals surface area (Å²) in [7, 11) is 0. The van der Waals surface area contributed by atoms with Crippen molar-refractivity contribution in [3.8, 4) is 0 Å². The second-order valence-electron chi connectivity index (χ2n) is 9.58. The lowest BCUT2D eigenvalue weighted by Gasteiger charge is -2.28. The molecule has 1 aromatic rings. The number of amides is 4. The minimum atomic E-state index is -1.39. The van der Waals surface area contributed by atoms with E-state index in [1.165, 1.54) is 0 Å². The van der Waals surface area contributed by atoms with Crippen LogP contribution in [0.3, 0.4) is 0 Å². The molecule has 4 amide bonds. The highest BCUT2D eigenvalue weighted by Gasteiger charge is 2.32. The largest absolute Gasteiger partial charge is 0.480 e. The fourth-order valence-electron chi connectivity index (χ4n) is 3.75. The third-order valence-corrected chi connectivity index (χ3v) is 6.31. The third kappa shape index (κ3) is 12.6. The zero-order chi connectivity index (χ0) is 30.2. The first kappa shape index (κ1) is 33.8. The Kier molecular flexibility index (Phi) is 14.7. The van der Waals surface area contributed by atoms with E-state index in [2.05, 4.69) is 20.9 Å². The predicted octanol–water partition coefficient (Wildman–Crippen LogP) is -1.54. The smallest absolute Gasteiger partial charge is 0.326 e. The highest BCUT2D eigenvalue weighted by molar-refractivity contribution is 5.94. The van der Waals surface area contributed by atoms with Crippen molar-refractivity contribution >= 4 is 35.6 Å². The van der Waals surface area contributed by atoms with Gasteiger partial charge in [0, 0.05) is 19.4 Å². The summed E-state index contributed by atoms with van der Waals surface area (Å²) >= 11 is 0. The van der Waals surface area contributed by atoms with Gasteiger partial charge in [-0.2, -0.15) is 0 Å². The maximum absolute atomic E-state index is 13.4. The number of nitrogens with zero attached hydrogens (tertiary/aromatic N) is 1. The summed E-state index contributed by atoms with van der Waals surface area (Å²) < 4.78 is 0. The number of aliphatic imine (C=N–C) groups is 1. The maximum atomic E-state index is 13.4. The van der Waals surface area contributed by atoms with Crippen molar-refractivity contribution < 1.29 is 29.1 Å². The summed E-state index contributed by atoms with van der Waals surface area (Å²) in [6.07, 6.45) is 0.842. The molecule has 222 valence electrons. The molecule has 0 saturated carbocycles. The monoisotopic (exact) mass is 562 g/mol. The van der Waals surface area contributed by atoms with Crippen molar-refractivity contribution in [2.75, 3.05) is 6.54 Å². The molecule has 1 rings (SSSR count). The minimum absolute atomic E-state index is 0.0477. The third-order valence-electron chi connectivity index (χ3n) is 6.31. The Morgan fingerprint density at radius 1 is 0.900 bits per heavy atom. The molecule has 0 spiro atoms. The number of aliphatic carboxylic acids is 1. The van der Waals surface area contributed by atoms with Crippen LogP contribution in [0, 0.1) is 5.92 Å². The fourth-order valence-corrected chi connectivity index (χ4v) is 3.75. The molecule has 0 aromatic heterocycles. The Labute approximate surface area is 233 Å². The van der Waals surface area contributed by atoms with Crippen molar-refractivity contribution in [2.45, 2.75) is 76.5 Å². The number of hydrogen-bond acceptors (Lipinski definition) is 7. The highest BCUT2D eigenvalue weighted by atomic mass is 16.4. The van der Waals surface area contributed by atoms with Gasteiger partial charge in [0.25, 0.3) is 0 Å². The van der Waals surface area contributed by atoms with E-state index in [-0.39, 0.29) is 37.6 Å². The molecule has 40 heavy (non-hydrogen) atoms. The van der Waals surface area contributed by atoms with Crippen LogP contribution in [0.4, 0.5) is 0 Å². The lowest BCUT2D eigenvalue weighted by Crippen LogP contribution is -2.59. The second kappa shape index (κ2) is 17.4. The molecule has 0 aliphatic rings. The Bertz CT molecular complexity index is 1030. The molecule has 5 atom stereocenters. The summed E-state index contributed by atoms with van der Waals surface area (Å²) in [6.45, 7) is 3.91. The Morgan fingerprint density at radius 2 is 1.52 bits per heavy atom. The number of primary amides is 1. The topological polar surface area (TPSA) is 258 Å². The quantitative estimate of drug-likeness (QED) is 0.0585. The molecule has 0 fully saturated rings. The first-order valence-corrected chi connectivity index (χ1v) is 13.1. The number of benzene rings is 1. The Morgan fingerprint density at radius 3 is 2.08 bits per heavy atom. The molecule has 5 unspecified atom stereocenters. The van der Waals surface area contributed by atoms with E-state index in [1.54, 1.807) is 37.3 Å². The van der Waals surface area contributed by atoms with E-state index in [0.717, 1.165) is 0 Å². The molecule has 0 bridgehead atoms. The number of hydrogen-bond donors (Lipinski definition) is 8. The van der Waals surface area contributed by atoms with Gasteiger partial charge in [0.1, 0.15) is 18.1 Å². The van der Waals surface area contributed by atoms with Crippen LogP contribution >= 0.6 is 0 Å². The minimum Gasteiger partial charge on any atom is -0.480 e. The van der Waals surface area contributed by atoms with Crippen molar-refractivity contribution in [3.63, 3.8) is 0 Å². The number of carbonyl (C=O) groups excluding carboxylic acids is 4. The van der Waals surface area contributed by atoms with Crippen LogP contribution in [-0.2, 0) is 30.4 Å². The molecular weight excluding hydrogens is 520 g/mol. The molecule has 12 N–H and O–H groups in total.